The Kier molecular flexibility index (Phi) is 4.88. The van der Waals surface area contributed by atoms with Gasteiger partial charge in [-0.05, 0) is 19.3 Å². The first-order valence-corrected chi connectivity index (χ1v) is 7.46. The number of likely N-dealkylation sites (tertiary alicyclic amines) is 2. The van der Waals surface area contributed by atoms with E-state index in [0.717, 1.165) is 32.1 Å². The van der Waals surface area contributed by atoms with E-state index in [1.807, 2.05) is 0 Å². The van der Waals surface area contributed by atoms with Crippen LogP contribution < -0.4 is 5.73 Å². The molecule has 118 valence electrons. The highest BCUT2D eigenvalue weighted by atomic mass is 35.5. The maximum absolute atomic E-state index is 12.3. The molecule has 3 rings (SSSR count). The Hall–Kier alpha value is -1.14. The van der Waals surface area contributed by atoms with Crippen LogP contribution in [0.3, 0.4) is 0 Å². The van der Waals surface area contributed by atoms with E-state index in [4.69, 9.17) is 5.73 Å². The van der Waals surface area contributed by atoms with E-state index in [9.17, 15) is 14.4 Å². The quantitative estimate of drug-likeness (QED) is 0.735. The molecule has 0 spiro atoms. The van der Waals surface area contributed by atoms with Crippen molar-refractivity contribution in [2.24, 2.45) is 17.6 Å². The summed E-state index contributed by atoms with van der Waals surface area (Å²) in [6.07, 6.45) is 4.37. The Bertz CT molecular complexity index is 433. The summed E-state index contributed by atoms with van der Waals surface area (Å²) < 4.78 is 0. The second-order valence-electron chi connectivity index (χ2n) is 6.15. The van der Waals surface area contributed by atoms with Crippen LogP contribution in [0.2, 0.25) is 0 Å². The van der Waals surface area contributed by atoms with Crippen LogP contribution in [0.5, 0.6) is 0 Å². The van der Waals surface area contributed by atoms with Gasteiger partial charge in [0, 0.05) is 19.1 Å². The largest absolute Gasteiger partial charge is 0.340 e. The topological polar surface area (TPSA) is 83.7 Å². The molecule has 3 amide bonds. The van der Waals surface area contributed by atoms with Crippen molar-refractivity contribution in [3.05, 3.63) is 0 Å². The molecule has 2 unspecified atom stereocenters. The molecular weight excluding hydrogens is 294 g/mol. The monoisotopic (exact) mass is 315 g/mol. The van der Waals surface area contributed by atoms with Gasteiger partial charge in [0.25, 0.3) is 0 Å². The van der Waals surface area contributed by atoms with Crippen molar-refractivity contribution >= 4 is 30.1 Å². The van der Waals surface area contributed by atoms with Gasteiger partial charge in [-0.1, -0.05) is 12.8 Å². The highest BCUT2D eigenvalue weighted by molar-refractivity contribution is 6.07. The number of amides is 3. The second-order valence-corrected chi connectivity index (χ2v) is 6.15. The van der Waals surface area contributed by atoms with Crippen LogP contribution in [-0.2, 0) is 14.4 Å². The van der Waals surface area contributed by atoms with Crippen LogP contribution in [0.4, 0.5) is 0 Å². The van der Waals surface area contributed by atoms with Crippen molar-refractivity contribution < 1.29 is 14.4 Å². The molecule has 3 atom stereocenters. The molecule has 1 aliphatic carbocycles. The zero-order valence-corrected chi connectivity index (χ0v) is 12.8. The molecule has 0 radical (unpaired) electrons. The predicted octanol–water partition coefficient (Wildman–Crippen LogP) is 0.143. The Labute approximate surface area is 130 Å². The zero-order valence-electron chi connectivity index (χ0n) is 12.0. The van der Waals surface area contributed by atoms with E-state index in [2.05, 4.69) is 0 Å². The van der Waals surface area contributed by atoms with Crippen LogP contribution >= 0.6 is 12.4 Å². The van der Waals surface area contributed by atoms with E-state index >= 15 is 0 Å². The van der Waals surface area contributed by atoms with E-state index in [1.165, 1.54) is 4.90 Å². The third-order valence-electron chi connectivity index (χ3n) is 4.80. The van der Waals surface area contributed by atoms with E-state index in [0.29, 0.717) is 13.1 Å². The zero-order chi connectivity index (χ0) is 14.3. The summed E-state index contributed by atoms with van der Waals surface area (Å²) in [5, 5.41) is 0. The standard InChI is InChI=1S/C14H21N3O3.ClH/c15-9-5-6-16(7-9)12(18)8-17-13(19)10-3-1-2-4-11(10)14(17)20;/h9-11H,1-8,15H2;1H/t9-,10?,11?;/m1./s1. The molecule has 0 aromatic heterocycles. The first kappa shape index (κ1) is 16.2. The Morgan fingerprint density at radius 1 is 1.10 bits per heavy atom. The molecular formula is C14H22ClN3O3. The van der Waals surface area contributed by atoms with Crippen LogP contribution in [0.25, 0.3) is 0 Å². The van der Waals surface area contributed by atoms with Crippen molar-refractivity contribution in [1.82, 2.24) is 9.80 Å². The molecule has 2 aliphatic heterocycles. The van der Waals surface area contributed by atoms with Crippen LogP contribution in [0, 0.1) is 11.8 Å². The number of fused-ring (bicyclic) bond motifs is 1. The summed E-state index contributed by atoms with van der Waals surface area (Å²) in [7, 11) is 0. The molecule has 0 aromatic carbocycles. The molecule has 2 heterocycles. The third-order valence-corrected chi connectivity index (χ3v) is 4.80. The number of hydrogen-bond acceptors (Lipinski definition) is 4. The minimum absolute atomic E-state index is 0. The molecule has 1 saturated carbocycles. The van der Waals surface area contributed by atoms with E-state index < -0.39 is 0 Å². The molecule has 2 saturated heterocycles. The lowest BCUT2D eigenvalue weighted by Gasteiger charge is -2.20. The minimum Gasteiger partial charge on any atom is -0.340 e. The first-order valence-electron chi connectivity index (χ1n) is 7.46. The molecule has 0 aromatic rings. The van der Waals surface area contributed by atoms with Gasteiger partial charge in [0.2, 0.25) is 17.7 Å². The SMILES string of the molecule is Cl.N[C@@H]1CCN(C(=O)CN2C(=O)C3CCCCC3C2=O)C1. The van der Waals surface area contributed by atoms with Crippen molar-refractivity contribution in [3.8, 4) is 0 Å². The second kappa shape index (κ2) is 6.32. The fraction of sp³-hybridized carbons (Fsp3) is 0.786. The average Bonchev–Trinajstić information content (AvgIpc) is 2.98. The summed E-state index contributed by atoms with van der Waals surface area (Å²) in [6, 6.07) is 0.0199. The molecule has 0 bridgehead atoms. The lowest BCUT2D eigenvalue weighted by molar-refractivity contribution is -0.146. The van der Waals surface area contributed by atoms with Crippen molar-refractivity contribution in [3.63, 3.8) is 0 Å². The van der Waals surface area contributed by atoms with Gasteiger partial charge >= 0.3 is 0 Å². The summed E-state index contributed by atoms with van der Waals surface area (Å²) in [6.45, 7) is 1.06. The third kappa shape index (κ3) is 2.92. The molecule has 2 N–H and O–H groups in total. The number of halogens is 1. The maximum atomic E-state index is 12.3. The van der Waals surface area contributed by atoms with Gasteiger partial charge in [0.15, 0.2) is 0 Å². The Morgan fingerprint density at radius 3 is 2.14 bits per heavy atom. The fourth-order valence-electron chi connectivity index (χ4n) is 3.64. The van der Waals surface area contributed by atoms with Gasteiger partial charge in [0.05, 0.1) is 11.8 Å². The highest BCUT2D eigenvalue weighted by Crippen LogP contribution is 2.37. The lowest BCUT2D eigenvalue weighted by atomic mass is 9.81. The van der Waals surface area contributed by atoms with Crippen LogP contribution in [0.15, 0.2) is 0 Å². The van der Waals surface area contributed by atoms with Crippen molar-refractivity contribution in [2.75, 3.05) is 19.6 Å². The van der Waals surface area contributed by atoms with Crippen molar-refractivity contribution in [1.29, 1.82) is 0 Å². The van der Waals surface area contributed by atoms with E-state index in [1.54, 1.807) is 4.90 Å². The number of nitrogens with two attached hydrogens (primary N) is 1. The summed E-state index contributed by atoms with van der Waals surface area (Å²) >= 11 is 0. The summed E-state index contributed by atoms with van der Waals surface area (Å²) in [5.41, 5.74) is 5.78. The van der Waals surface area contributed by atoms with Gasteiger partial charge in [0.1, 0.15) is 6.54 Å². The first-order chi connectivity index (χ1) is 9.58. The van der Waals surface area contributed by atoms with Crippen molar-refractivity contribution in [2.45, 2.75) is 38.1 Å². The molecule has 6 nitrogen and oxygen atoms in total. The average molecular weight is 316 g/mol. The molecule has 3 fully saturated rings. The van der Waals surface area contributed by atoms with E-state index in [-0.39, 0.29) is 54.6 Å². The lowest BCUT2D eigenvalue weighted by Crippen LogP contribution is -2.43. The smallest absolute Gasteiger partial charge is 0.242 e. The highest BCUT2D eigenvalue weighted by Gasteiger charge is 2.48. The Balaban J connectivity index is 0.00000161. The molecule has 7 heteroatoms. The number of carbonyl (C=O) groups excluding carboxylic acids is 3. The van der Waals surface area contributed by atoms with Gasteiger partial charge in [-0.15, -0.1) is 12.4 Å². The van der Waals surface area contributed by atoms with Gasteiger partial charge in [-0.2, -0.15) is 0 Å². The molecule has 21 heavy (non-hydrogen) atoms. The van der Waals surface area contributed by atoms with Gasteiger partial charge in [-0.25, -0.2) is 0 Å². The summed E-state index contributed by atoms with van der Waals surface area (Å²) in [5.74, 6) is -0.791. The fourth-order valence-corrected chi connectivity index (χ4v) is 3.64. The minimum atomic E-state index is -0.176. The summed E-state index contributed by atoms with van der Waals surface area (Å²) in [4.78, 5) is 39.6. The number of nitrogens with zero attached hydrogens (tertiary/aromatic N) is 2. The number of imide groups is 1. The van der Waals surface area contributed by atoms with Gasteiger partial charge < -0.3 is 10.6 Å². The van der Waals surface area contributed by atoms with Crippen LogP contribution in [0.1, 0.15) is 32.1 Å². The van der Waals surface area contributed by atoms with Gasteiger partial charge in [-0.3, -0.25) is 19.3 Å². The predicted molar refractivity (Wildman–Crippen MR) is 78.6 cm³/mol. The Morgan fingerprint density at radius 2 is 1.67 bits per heavy atom. The normalized spacial score (nSPS) is 32.1. The number of carbonyl (C=O) groups is 3. The van der Waals surface area contributed by atoms with Crippen LogP contribution in [-0.4, -0.2) is 53.2 Å². The number of rotatable bonds is 2. The maximum Gasteiger partial charge on any atom is 0.242 e. The molecule has 3 aliphatic rings. The number of hydrogen-bond donors (Lipinski definition) is 1.